The van der Waals surface area contributed by atoms with Crippen molar-refractivity contribution in [1.29, 1.82) is 0 Å². The second-order valence-corrected chi connectivity index (χ2v) is 12.3. The van der Waals surface area contributed by atoms with E-state index in [9.17, 15) is 14.4 Å². The van der Waals surface area contributed by atoms with E-state index in [1.807, 2.05) is 13.0 Å². The molecule has 2 aromatic heterocycles. The van der Waals surface area contributed by atoms with E-state index in [2.05, 4.69) is 0 Å². The Morgan fingerprint density at radius 2 is 1.89 bits per heavy atom. The van der Waals surface area contributed by atoms with Crippen LogP contribution in [0.4, 0.5) is 0 Å². The minimum atomic E-state index is -0.804. The molecule has 0 bridgehead atoms. The number of hydrogen-bond donors (Lipinski definition) is 0. The van der Waals surface area contributed by atoms with Crippen molar-refractivity contribution in [1.82, 2.24) is 4.57 Å². The van der Waals surface area contributed by atoms with Crippen molar-refractivity contribution < 1.29 is 33.0 Å². The molecule has 0 saturated heterocycles. The molecule has 0 spiro atoms. The maximum Gasteiger partial charge on any atom is 0.339 e. The van der Waals surface area contributed by atoms with Gasteiger partial charge in [0, 0.05) is 16.7 Å². The topological polar surface area (TPSA) is 119 Å². The zero-order valence-electron chi connectivity index (χ0n) is 25.6. The third-order valence-electron chi connectivity index (χ3n) is 7.31. The van der Waals surface area contributed by atoms with Crippen LogP contribution in [0, 0.1) is 0 Å². The third kappa shape index (κ3) is 6.00. The Bertz CT molecular complexity index is 2050. The van der Waals surface area contributed by atoms with Crippen LogP contribution in [-0.4, -0.2) is 36.0 Å². The van der Waals surface area contributed by atoms with Crippen molar-refractivity contribution in [2.75, 3.05) is 13.4 Å². The van der Waals surface area contributed by atoms with E-state index in [0.29, 0.717) is 71.8 Å². The monoisotopic (exact) mass is 662 g/mol. The second kappa shape index (κ2) is 13.0. The first-order valence-electron chi connectivity index (χ1n) is 14.9. The summed E-state index contributed by atoms with van der Waals surface area (Å²) in [6.07, 6.45) is 2.56. The number of fused-ring (bicyclic) bond motifs is 2. The molecule has 2 aliphatic rings. The number of benzene rings is 2. The first-order chi connectivity index (χ1) is 22.2. The van der Waals surface area contributed by atoms with Crippen LogP contribution in [0.5, 0.6) is 11.5 Å². The molecule has 12 heteroatoms. The van der Waals surface area contributed by atoms with Gasteiger partial charge in [0.15, 0.2) is 16.3 Å². The summed E-state index contributed by atoms with van der Waals surface area (Å²) < 4.78 is 30.0. The number of aromatic nitrogens is 1. The van der Waals surface area contributed by atoms with E-state index in [4.69, 9.17) is 40.0 Å². The predicted molar refractivity (Wildman–Crippen MR) is 172 cm³/mol. The van der Waals surface area contributed by atoms with Crippen LogP contribution < -0.4 is 24.4 Å². The average molecular weight is 663 g/mol. The number of ether oxygens (including phenoxy) is 4. The maximum atomic E-state index is 14.1. The zero-order valence-corrected chi connectivity index (χ0v) is 27.2. The quantitative estimate of drug-likeness (QED) is 0.207. The fourth-order valence-corrected chi connectivity index (χ4v) is 6.57. The largest absolute Gasteiger partial charge is 0.463 e. The van der Waals surface area contributed by atoms with E-state index in [1.54, 1.807) is 69.3 Å². The highest BCUT2D eigenvalue weighted by Gasteiger charge is 2.35. The van der Waals surface area contributed by atoms with Gasteiger partial charge in [0.25, 0.3) is 5.56 Å². The lowest BCUT2D eigenvalue weighted by atomic mass is 9.94. The van der Waals surface area contributed by atoms with E-state index >= 15 is 0 Å². The molecule has 238 valence electrons. The number of rotatable bonds is 9. The highest BCUT2D eigenvalue weighted by molar-refractivity contribution is 7.07. The van der Waals surface area contributed by atoms with Crippen LogP contribution >= 0.6 is 22.9 Å². The third-order valence-corrected chi connectivity index (χ3v) is 8.53. The Kier molecular flexibility index (Phi) is 8.88. The van der Waals surface area contributed by atoms with Crippen molar-refractivity contribution in [2.24, 2.45) is 4.99 Å². The van der Waals surface area contributed by atoms with Crippen LogP contribution in [0.15, 0.2) is 74.0 Å². The fourth-order valence-electron chi connectivity index (χ4n) is 5.40. The number of halogens is 1. The number of furan rings is 1. The first-order valence-corrected chi connectivity index (χ1v) is 16.1. The summed E-state index contributed by atoms with van der Waals surface area (Å²) in [6.45, 7) is 7.53. The lowest BCUT2D eigenvalue weighted by Gasteiger charge is -2.25. The molecule has 0 radical (unpaired) electrons. The van der Waals surface area contributed by atoms with Gasteiger partial charge in [-0.25, -0.2) is 14.6 Å². The van der Waals surface area contributed by atoms with Gasteiger partial charge in [-0.05, 0) is 75.2 Å². The van der Waals surface area contributed by atoms with E-state index in [-0.39, 0.29) is 25.1 Å². The molecule has 6 rings (SSSR count). The van der Waals surface area contributed by atoms with Gasteiger partial charge in [0.05, 0.1) is 40.1 Å². The Labute approximate surface area is 273 Å². The zero-order chi connectivity index (χ0) is 32.5. The molecule has 4 heterocycles. The van der Waals surface area contributed by atoms with Gasteiger partial charge >= 0.3 is 11.9 Å². The lowest BCUT2D eigenvalue weighted by Crippen LogP contribution is -2.40. The Hall–Kier alpha value is -4.61. The van der Waals surface area contributed by atoms with Gasteiger partial charge in [-0.15, -0.1) is 0 Å². The molecule has 10 nitrogen and oxygen atoms in total. The summed E-state index contributed by atoms with van der Waals surface area (Å²) in [5.41, 5.74) is 1.95. The number of thiazole rings is 1. The molecule has 0 N–H and O–H groups in total. The summed E-state index contributed by atoms with van der Waals surface area (Å²) in [7, 11) is 0. The standard InChI is InChI=1S/C34H31ClN2O8S/c1-5-7-24-29(33(40)41-6-2)30(19-8-12-26-27(14-19)43-17-42-26)37-31(38)28(46-34(37)36-24)16-21-10-13-25(45-21)23-15-20(35)9-11-22(23)32(39)44-18(3)4/h8-16,18,30H,5-7,17H2,1-4H3/b28-16+/t30-/m1/s1. The van der Waals surface area contributed by atoms with Crippen LogP contribution in [-0.2, 0) is 14.3 Å². The summed E-state index contributed by atoms with van der Waals surface area (Å²) in [6, 6.07) is 12.8. The maximum absolute atomic E-state index is 14.1. The van der Waals surface area contributed by atoms with Crippen LogP contribution in [0.1, 0.15) is 68.3 Å². The molecular weight excluding hydrogens is 632 g/mol. The van der Waals surface area contributed by atoms with Gasteiger partial charge in [-0.3, -0.25) is 9.36 Å². The van der Waals surface area contributed by atoms with Crippen molar-refractivity contribution in [3.63, 3.8) is 0 Å². The van der Waals surface area contributed by atoms with Crippen LogP contribution in [0.25, 0.3) is 17.4 Å². The normalized spacial score (nSPS) is 15.6. The van der Waals surface area contributed by atoms with Crippen molar-refractivity contribution in [2.45, 2.75) is 52.7 Å². The number of carbonyl (C=O) groups excluding carboxylic acids is 2. The fraction of sp³-hybridized carbons (Fsp3) is 0.294. The summed E-state index contributed by atoms with van der Waals surface area (Å²) in [5.74, 6) is 0.831. The molecule has 0 amide bonds. The van der Waals surface area contributed by atoms with Gasteiger partial charge in [0.2, 0.25) is 6.79 Å². The van der Waals surface area contributed by atoms with Gasteiger partial charge in [-0.2, -0.15) is 0 Å². The number of carbonyl (C=O) groups is 2. The highest BCUT2D eigenvalue weighted by atomic mass is 35.5. The number of allylic oxidation sites excluding steroid dienone is 1. The average Bonchev–Trinajstić information content (AvgIpc) is 3.75. The van der Waals surface area contributed by atoms with E-state index < -0.39 is 18.0 Å². The number of esters is 2. The lowest BCUT2D eigenvalue weighted by molar-refractivity contribution is -0.139. The first kappa shape index (κ1) is 31.4. The summed E-state index contributed by atoms with van der Waals surface area (Å²) >= 11 is 7.46. The van der Waals surface area contributed by atoms with Gasteiger partial charge in [0.1, 0.15) is 11.5 Å². The molecule has 46 heavy (non-hydrogen) atoms. The molecule has 4 aromatic rings. The highest BCUT2D eigenvalue weighted by Crippen LogP contribution is 2.39. The van der Waals surface area contributed by atoms with Crippen molar-refractivity contribution >= 4 is 41.0 Å². The summed E-state index contributed by atoms with van der Waals surface area (Å²) in [5, 5.41) is 0.422. The van der Waals surface area contributed by atoms with E-state index in [1.165, 1.54) is 15.9 Å². The van der Waals surface area contributed by atoms with E-state index in [0.717, 1.165) is 6.42 Å². The molecule has 0 fully saturated rings. The number of hydrogen-bond acceptors (Lipinski definition) is 10. The Morgan fingerprint density at radius 1 is 1.09 bits per heavy atom. The van der Waals surface area contributed by atoms with Gasteiger partial charge in [-0.1, -0.05) is 42.3 Å². The van der Waals surface area contributed by atoms with Crippen molar-refractivity contribution in [3.8, 4) is 22.8 Å². The molecular formula is C34H31ClN2O8S. The minimum Gasteiger partial charge on any atom is -0.463 e. The Balaban J connectivity index is 1.47. The van der Waals surface area contributed by atoms with Crippen LogP contribution in [0.2, 0.25) is 5.02 Å². The molecule has 2 aliphatic heterocycles. The molecule has 0 unspecified atom stereocenters. The van der Waals surface area contributed by atoms with Gasteiger partial charge < -0.3 is 23.4 Å². The number of nitrogens with zero attached hydrogens (tertiary/aromatic N) is 2. The second-order valence-electron chi connectivity index (χ2n) is 10.9. The molecule has 1 atom stereocenters. The Morgan fingerprint density at radius 3 is 2.65 bits per heavy atom. The molecule has 0 aliphatic carbocycles. The smallest absolute Gasteiger partial charge is 0.339 e. The molecule has 2 aromatic carbocycles. The van der Waals surface area contributed by atoms with Crippen molar-refractivity contribution in [3.05, 3.63) is 101 Å². The SMILES string of the molecule is CCCC1=C(C(=O)OCC)[C@@H](c2ccc3c(c2)OCO3)n2c(s/c(=C/c3ccc(-c4cc(Cl)ccc4C(=O)OC(C)C)o3)c2=O)=N1. The predicted octanol–water partition coefficient (Wildman–Crippen LogP) is 5.79. The van der Waals surface area contributed by atoms with Crippen LogP contribution in [0.3, 0.4) is 0 Å². The minimum absolute atomic E-state index is 0.0872. The molecule has 0 saturated carbocycles. The summed E-state index contributed by atoms with van der Waals surface area (Å²) in [4.78, 5) is 45.6.